The summed E-state index contributed by atoms with van der Waals surface area (Å²) >= 11 is 0. The van der Waals surface area contributed by atoms with Gasteiger partial charge in [0.25, 0.3) is 0 Å². The van der Waals surface area contributed by atoms with E-state index in [1.54, 1.807) is 13.3 Å². The minimum atomic E-state index is 0.0870. The summed E-state index contributed by atoms with van der Waals surface area (Å²) in [6, 6.07) is 13.4. The first-order valence-electron chi connectivity index (χ1n) is 11.5. The highest BCUT2D eigenvalue weighted by atomic mass is 16.5. The monoisotopic (exact) mass is 474 g/mol. The van der Waals surface area contributed by atoms with Gasteiger partial charge >= 0.3 is 0 Å². The number of methoxy groups -OCH3 is 1. The number of hydrogen-bond donors (Lipinski definition) is 2. The van der Waals surface area contributed by atoms with Crippen LogP contribution in [0.2, 0.25) is 0 Å². The van der Waals surface area contributed by atoms with Crippen LogP contribution in [0, 0.1) is 20.8 Å². The number of aromatic nitrogens is 3. The zero-order chi connectivity index (χ0) is 24.8. The minimum absolute atomic E-state index is 0.0870. The molecule has 0 aliphatic rings. The van der Waals surface area contributed by atoms with E-state index in [0.29, 0.717) is 53.9 Å². The van der Waals surface area contributed by atoms with Gasteiger partial charge in [0.15, 0.2) is 17.2 Å². The van der Waals surface area contributed by atoms with Crippen molar-refractivity contribution in [1.29, 1.82) is 0 Å². The van der Waals surface area contributed by atoms with Crippen LogP contribution < -0.4 is 19.5 Å². The van der Waals surface area contributed by atoms with Crippen LogP contribution in [-0.2, 0) is 0 Å². The van der Waals surface area contributed by atoms with Gasteiger partial charge in [-0.05, 0) is 56.7 Å². The Kier molecular flexibility index (Phi) is 7.74. The largest absolute Gasteiger partial charge is 0.493 e. The first kappa shape index (κ1) is 24.4. The third-order valence-corrected chi connectivity index (χ3v) is 5.59. The fourth-order valence-electron chi connectivity index (χ4n) is 3.66. The van der Waals surface area contributed by atoms with Gasteiger partial charge in [-0.1, -0.05) is 6.07 Å². The van der Waals surface area contributed by atoms with Crippen LogP contribution in [-0.4, -0.2) is 53.5 Å². The lowest BCUT2D eigenvalue weighted by Gasteiger charge is -2.16. The molecule has 0 amide bonds. The first-order valence-corrected chi connectivity index (χ1v) is 11.5. The normalized spacial score (nSPS) is 11.0. The van der Waals surface area contributed by atoms with Crippen molar-refractivity contribution in [3.8, 4) is 34.4 Å². The van der Waals surface area contributed by atoms with Gasteiger partial charge in [-0.3, -0.25) is 9.97 Å². The minimum Gasteiger partial charge on any atom is -0.493 e. The second kappa shape index (κ2) is 11.1. The van der Waals surface area contributed by atoms with E-state index in [4.69, 9.17) is 24.3 Å². The Bertz CT molecular complexity index is 1330. The summed E-state index contributed by atoms with van der Waals surface area (Å²) in [4.78, 5) is 14.0. The maximum absolute atomic E-state index is 8.89. The summed E-state index contributed by atoms with van der Waals surface area (Å²) < 4.78 is 17.9. The summed E-state index contributed by atoms with van der Waals surface area (Å²) in [5.74, 6) is 2.42. The van der Waals surface area contributed by atoms with E-state index < -0.39 is 0 Å². The lowest BCUT2D eigenvalue weighted by atomic mass is 10.1. The van der Waals surface area contributed by atoms with Crippen molar-refractivity contribution in [1.82, 2.24) is 20.3 Å². The third-order valence-electron chi connectivity index (χ3n) is 5.59. The topological polar surface area (TPSA) is 98.6 Å². The molecule has 0 fully saturated rings. The molecule has 0 saturated carbocycles. The molecule has 0 bridgehead atoms. The standard InChI is InChI=1S/C27H30N4O4/c1-17-14-26(27(31-19(17)3)21-7-5-6-18(2)30-21)35-23-8-9-29-22-16-25(24(33-4)15-20(22)23)34-13-11-28-10-12-32/h5-9,14-16,28,32H,10-13H2,1-4H3. The molecule has 35 heavy (non-hydrogen) atoms. The molecule has 3 aromatic heterocycles. The summed E-state index contributed by atoms with van der Waals surface area (Å²) in [6.07, 6.45) is 1.70. The maximum Gasteiger partial charge on any atom is 0.163 e. The van der Waals surface area contributed by atoms with Crippen LogP contribution in [0.3, 0.4) is 0 Å². The number of fused-ring (bicyclic) bond motifs is 1. The smallest absolute Gasteiger partial charge is 0.163 e. The highest BCUT2D eigenvalue weighted by molar-refractivity contribution is 5.88. The number of rotatable bonds is 10. The van der Waals surface area contributed by atoms with Gasteiger partial charge in [-0.25, -0.2) is 4.98 Å². The van der Waals surface area contributed by atoms with Crippen molar-refractivity contribution in [2.75, 3.05) is 33.4 Å². The Balaban J connectivity index is 1.70. The van der Waals surface area contributed by atoms with E-state index in [2.05, 4.69) is 15.3 Å². The molecule has 0 aliphatic carbocycles. The van der Waals surface area contributed by atoms with Crippen LogP contribution >= 0.6 is 0 Å². The SMILES string of the molecule is COc1cc2c(Oc3cc(C)c(C)nc3-c3cccc(C)n3)ccnc2cc1OCCNCCO. The molecule has 0 spiro atoms. The molecule has 1 aromatic carbocycles. The average Bonchev–Trinajstić information content (AvgIpc) is 2.85. The summed E-state index contributed by atoms with van der Waals surface area (Å²) in [5, 5.41) is 12.8. The summed E-state index contributed by atoms with van der Waals surface area (Å²) in [7, 11) is 1.60. The van der Waals surface area contributed by atoms with Gasteiger partial charge in [0.05, 0.1) is 24.9 Å². The van der Waals surface area contributed by atoms with Gasteiger partial charge in [0.1, 0.15) is 18.1 Å². The van der Waals surface area contributed by atoms with Crippen molar-refractivity contribution in [3.05, 3.63) is 65.6 Å². The maximum atomic E-state index is 8.89. The molecule has 0 unspecified atom stereocenters. The molecule has 0 atom stereocenters. The van der Waals surface area contributed by atoms with Gasteiger partial charge in [0, 0.05) is 42.1 Å². The molecule has 182 valence electrons. The van der Waals surface area contributed by atoms with Gasteiger partial charge < -0.3 is 24.6 Å². The van der Waals surface area contributed by atoms with Gasteiger partial charge in [0.2, 0.25) is 0 Å². The fraction of sp³-hybridized carbons (Fsp3) is 0.296. The van der Waals surface area contributed by atoms with E-state index in [0.717, 1.165) is 28.0 Å². The third kappa shape index (κ3) is 5.67. The van der Waals surface area contributed by atoms with Crippen LogP contribution in [0.25, 0.3) is 22.3 Å². The zero-order valence-electron chi connectivity index (χ0n) is 20.5. The molecule has 4 aromatic rings. The molecule has 0 radical (unpaired) electrons. The Morgan fingerprint density at radius 1 is 0.914 bits per heavy atom. The van der Waals surface area contributed by atoms with Crippen LogP contribution in [0.5, 0.6) is 23.0 Å². The van der Waals surface area contributed by atoms with Crippen LogP contribution in [0.1, 0.15) is 17.0 Å². The molecule has 0 saturated heterocycles. The van der Waals surface area contributed by atoms with E-state index >= 15 is 0 Å². The molecule has 4 rings (SSSR count). The predicted molar refractivity (Wildman–Crippen MR) is 135 cm³/mol. The Labute approximate surface area is 204 Å². The van der Waals surface area contributed by atoms with Gasteiger partial charge in [-0.15, -0.1) is 0 Å². The van der Waals surface area contributed by atoms with Crippen molar-refractivity contribution in [2.45, 2.75) is 20.8 Å². The fourth-order valence-corrected chi connectivity index (χ4v) is 3.66. The van der Waals surface area contributed by atoms with Crippen LogP contribution in [0.15, 0.2) is 48.7 Å². The quantitative estimate of drug-likeness (QED) is 0.327. The van der Waals surface area contributed by atoms with E-state index in [1.165, 1.54) is 0 Å². The molecular weight excluding hydrogens is 444 g/mol. The second-order valence-corrected chi connectivity index (χ2v) is 8.16. The van der Waals surface area contributed by atoms with E-state index in [-0.39, 0.29) is 6.61 Å². The highest BCUT2D eigenvalue weighted by Gasteiger charge is 2.17. The highest BCUT2D eigenvalue weighted by Crippen LogP contribution is 2.39. The number of aliphatic hydroxyl groups excluding tert-OH is 1. The Morgan fingerprint density at radius 2 is 1.77 bits per heavy atom. The summed E-state index contributed by atoms with van der Waals surface area (Å²) in [5.41, 5.74) is 5.01. The number of pyridine rings is 3. The Morgan fingerprint density at radius 3 is 2.54 bits per heavy atom. The predicted octanol–water partition coefficient (Wildman–Crippen LogP) is 4.38. The molecule has 3 heterocycles. The summed E-state index contributed by atoms with van der Waals surface area (Å²) in [6.45, 7) is 7.59. The number of nitrogens with one attached hydrogen (secondary N) is 1. The van der Waals surface area contributed by atoms with Crippen molar-refractivity contribution < 1.29 is 19.3 Å². The molecule has 8 heteroatoms. The number of benzene rings is 1. The average molecular weight is 475 g/mol. The van der Waals surface area contributed by atoms with Crippen molar-refractivity contribution in [3.63, 3.8) is 0 Å². The lowest BCUT2D eigenvalue weighted by molar-refractivity contribution is 0.269. The molecule has 8 nitrogen and oxygen atoms in total. The number of aryl methyl sites for hydroxylation is 3. The van der Waals surface area contributed by atoms with Crippen LogP contribution in [0.4, 0.5) is 0 Å². The number of aliphatic hydroxyl groups is 1. The van der Waals surface area contributed by atoms with Gasteiger partial charge in [-0.2, -0.15) is 0 Å². The number of nitrogens with zero attached hydrogens (tertiary/aromatic N) is 3. The molecule has 2 N–H and O–H groups in total. The Hall–Kier alpha value is -3.75. The second-order valence-electron chi connectivity index (χ2n) is 8.16. The van der Waals surface area contributed by atoms with E-state index in [1.807, 2.05) is 63.2 Å². The zero-order valence-corrected chi connectivity index (χ0v) is 20.5. The van der Waals surface area contributed by atoms with Crippen molar-refractivity contribution >= 4 is 10.9 Å². The molecule has 0 aliphatic heterocycles. The number of hydrogen-bond acceptors (Lipinski definition) is 8. The van der Waals surface area contributed by atoms with E-state index in [9.17, 15) is 0 Å². The van der Waals surface area contributed by atoms with Crippen molar-refractivity contribution in [2.24, 2.45) is 0 Å². The molecular formula is C27H30N4O4. The number of ether oxygens (including phenoxy) is 3. The first-order chi connectivity index (χ1) is 17.0. The lowest BCUT2D eigenvalue weighted by Crippen LogP contribution is -2.24.